The molecule has 1 amide bonds. The molecule has 6 nitrogen and oxygen atoms in total. The van der Waals surface area contributed by atoms with Gasteiger partial charge in [-0.1, -0.05) is 11.6 Å². The van der Waals surface area contributed by atoms with Crippen molar-refractivity contribution in [2.24, 2.45) is 11.8 Å². The average molecular weight is 252 g/mol. The molecule has 1 heterocycles. The fourth-order valence-corrected chi connectivity index (χ4v) is 2.31. The van der Waals surface area contributed by atoms with E-state index in [0.717, 1.165) is 12.8 Å². The van der Waals surface area contributed by atoms with Crippen molar-refractivity contribution < 1.29 is 19.2 Å². The van der Waals surface area contributed by atoms with Crippen LogP contribution in [0.1, 0.15) is 31.4 Å². The highest BCUT2D eigenvalue weighted by Crippen LogP contribution is 2.30. The lowest BCUT2D eigenvalue weighted by atomic mass is 9.81. The normalized spacial score (nSPS) is 23.6. The van der Waals surface area contributed by atoms with Crippen LogP contribution in [0.5, 0.6) is 0 Å². The number of aliphatic carboxylic acids is 1. The molecule has 1 fully saturated rings. The number of carbonyl (C=O) groups is 2. The zero-order chi connectivity index (χ0) is 13.1. The summed E-state index contributed by atoms with van der Waals surface area (Å²) in [7, 11) is 0. The second kappa shape index (κ2) is 5.20. The van der Waals surface area contributed by atoms with Crippen LogP contribution in [0.15, 0.2) is 10.6 Å². The Hall–Kier alpha value is -1.85. The minimum atomic E-state index is -0.815. The first-order chi connectivity index (χ1) is 8.56. The van der Waals surface area contributed by atoms with Gasteiger partial charge in [0.25, 0.3) is 0 Å². The summed E-state index contributed by atoms with van der Waals surface area (Å²) >= 11 is 0. The topological polar surface area (TPSA) is 92.4 Å². The Morgan fingerprint density at radius 3 is 2.78 bits per heavy atom. The number of carbonyl (C=O) groups excluding carboxylic acids is 1. The van der Waals surface area contributed by atoms with E-state index in [1.807, 2.05) is 0 Å². The van der Waals surface area contributed by atoms with Crippen molar-refractivity contribution in [1.29, 1.82) is 0 Å². The third-order valence-electron chi connectivity index (χ3n) is 3.27. The molecule has 1 saturated carbocycles. The molecule has 1 aliphatic carbocycles. The summed E-state index contributed by atoms with van der Waals surface area (Å²) in [6, 6.07) is 1.63. The lowest BCUT2D eigenvalue weighted by molar-refractivity contribution is -0.143. The van der Waals surface area contributed by atoms with Crippen molar-refractivity contribution in [3.8, 4) is 0 Å². The Balaban J connectivity index is 1.94. The molecule has 1 aromatic heterocycles. The van der Waals surface area contributed by atoms with Gasteiger partial charge in [0.2, 0.25) is 5.91 Å². The summed E-state index contributed by atoms with van der Waals surface area (Å²) in [5, 5.41) is 15.3. The quantitative estimate of drug-likeness (QED) is 0.855. The number of carboxylic acids is 1. The SMILES string of the molecule is Cc1cc(NC(=O)C2CCCC(C(=O)O)C2)no1. The van der Waals surface area contributed by atoms with E-state index in [4.69, 9.17) is 9.63 Å². The van der Waals surface area contributed by atoms with Gasteiger partial charge in [0, 0.05) is 12.0 Å². The Labute approximate surface area is 104 Å². The predicted octanol–water partition coefficient (Wildman–Crippen LogP) is 1.81. The van der Waals surface area contributed by atoms with Crippen molar-refractivity contribution in [2.75, 3.05) is 5.32 Å². The van der Waals surface area contributed by atoms with Crippen molar-refractivity contribution in [2.45, 2.75) is 32.6 Å². The molecular formula is C12H16N2O4. The molecule has 2 unspecified atom stereocenters. The second-order valence-corrected chi connectivity index (χ2v) is 4.71. The maximum absolute atomic E-state index is 12.0. The second-order valence-electron chi connectivity index (χ2n) is 4.71. The Morgan fingerprint density at radius 1 is 1.44 bits per heavy atom. The van der Waals surface area contributed by atoms with Crippen LogP contribution in [0.3, 0.4) is 0 Å². The molecule has 98 valence electrons. The molecule has 0 saturated heterocycles. The summed E-state index contributed by atoms with van der Waals surface area (Å²) in [5.41, 5.74) is 0. The van der Waals surface area contributed by atoms with Crippen molar-refractivity contribution in [3.63, 3.8) is 0 Å². The summed E-state index contributed by atoms with van der Waals surface area (Å²) in [4.78, 5) is 22.9. The molecule has 0 aliphatic heterocycles. The lowest BCUT2D eigenvalue weighted by Crippen LogP contribution is -2.31. The number of nitrogens with zero attached hydrogens (tertiary/aromatic N) is 1. The predicted molar refractivity (Wildman–Crippen MR) is 63.0 cm³/mol. The maximum Gasteiger partial charge on any atom is 0.306 e. The molecule has 2 N–H and O–H groups in total. The Kier molecular flexibility index (Phi) is 3.64. The molecule has 0 bridgehead atoms. The zero-order valence-corrected chi connectivity index (χ0v) is 10.2. The third kappa shape index (κ3) is 2.88. The van der Waals surface area contributed by atoms with Crippen LogP contribution in [0.4, 0.5) is 5.82 Å². The van der Waals surface area contributed by atoms with E-state index in [1.54, 1.807) is 13.0 Å². The summed E-state index contributed by atoms with van der Waals surface area (Å²) in [6.07, 6.45) is 2.56. The van der Waals surface area contributed by atoms with Crippen LogP contribution in [-0.2, 0) is 9.59 Å². The number of anilines is 1. The van der Waals surface area contributed by atoms with E-state index in [-0.39, 0.29) is 11.8 Å². The number of nitrogens with one attached hydrogen (secondary N) is 1. The maximum atomic E-state index is 12.0. The smallest absolute Gasteiger partial charge is 0.306 e. The van der Waals surface area contributed by atoms with E-state index in [0.29, 0.717) is 24.4 Å². The zero-order valence-electron chi connectivity index (χ0n) is 10.2. The van der Waals surface area contributed by atoms with Gasteiger partial charge in [-0.25, -0.2) is 0 Å². The van der Waals surface area contributed by atoms with Gasteiger partial charge in [-0.3, -0.25) is 9.59 Å². The van der Waals surface area contributed by atoms with E-state index in [9.17, 15) is 9.59 Å². The Morgan fingerprint density at radius 2 is 2.17 bits per heavy atom. The fourth-order valence-electron chi connectivity index (χ4n) is 2.31. The molecular weight excluding hydrogens is 236 g/mol. The number of amides is 1. The van der Waals surface area contributed by atoms with E-state index in [1.165, 1.54) is 0 Å². The van der Waals surface area contributed by atoms with Crippen LogP contribution in [-0.4, -0.2) is 22.1 Å². The van der Waals surface area contributed by atoms with Gasteiger partial charge >= 0.3 is 5.97 Å². The molecule has 0 aromatic carbocycles. The minimum absolute atomic E-state index is 0.172. The van der Waals surface area contributed by atoms with E-state index < -0.39 is 11.9 Å². The standard InChI is InChI=1S/C12H16N2O4/c1-7-5-10(14-18-7)13-11(15)8-3-2-4-9(6-8)12(16)17/h5,8-9H,2-4,6H2,1H3,(H,16,17)(H,13,14,15). The van der Waals surface area contributed by atoms with Crippen LogP contribution in [0, 0.1) is 18.8 Å². The van der Waals surface area contributed by atoms with Gasteiger partial charge in [-0.2, -0.15) is 0 Å². The number of aromatic nitrogens is 1. The van der Waals surface area contributed by atoms with Gasteiger partial charge in [-0.05, 0) is 26.2 Å². The van der Waals surface area contributed by atoms with Crippen LogP contribution in [0.2, 0.25) is 0 Å². The van der Waals surface area contributed by atoms with Gasteiger partial charge in [-0.15, -0.1) is 0 Å². The molecule has 1 aliphatic rings. The van der Waals surface area contributed by atoms with Crippen LogP contribution in [0.25, 0.3) is 0 Å². The lowest BCUT2D eigenvalue weighted by Gasteiger charge is -2.25. The molecule has 2 atom stereocenters. The highest BCUT2D eigenvalue weighted by molar-refractivity contribution is 5.92. The molecule has 0 spiro atoms. The van der Waals surface area contributed by atoms with Gasteiger partial charge in [0.1, 0.15) is 5.76 Å². The third-order valence-corrected chi connectivity index (χ3v) is 3.27. The van der Waals surface area contributed by atoms with Crippen LogP contribution < -0.4 is 5.32 Å². The molecule has 2 rings (SSSR count). The fraction of sp³-hybridized carbons (Fsp3) is 0.583. The highest BCUT2D eigenvalue weighted by Gasteiger charge is 2.31. The van der Waals surface area contributed by atoms with Crippen molar-refractivity contribution in [3.05, 3.63) is 11.8 Å². The average Bonchev–Trinajstić information content (AvgIpc) is 2.75. The molecule has 6 heteroatoms. The van der Waals surface area contributed by atoms with Crippen molar-refractivity contribution >= 4 is 17.7 Å². The number of aryl methyl sites for hydroxylation is 1. The first kappa shape index (κ1) is 12.6. The largest absolute Gasteiger partial charge is 0.481 e. The van der Waals surface area contributed by atoms with Crippen molar-refractivity contribution in [1.82, 2.24) is 5.16 Å². The van der Waals surface area contributed by atoms with E-state index in [2.05, 4.69) is 10.5 Å². The summed E-state index contributed by atoms with van der Waals surface area (Å²) in [5.74, 6) is -0.642. The minimum Gasteiger partial charge on any atom is -0.481 e. The van der Waals surface area contributed by atoms with Gasteiger partial charge < -0.3 is 14.9 Å². The first-order valence-electron chi connectivity index (χ1n) is 6.03. The monoisotopic (exact) mass is 252 g/mol. The van der Waals surface area contributed by atoms with Gasteiger partial charge in [0.15, 0.2) is 5.82 Å². The van der Waals surface area contributed by atoms with Crippen LogP contribution >= 0.6 is 0 Å². The number of hydrogen-bond acceptors (Lipinski definition) is 4. The summed E-state index contributed by atoms with van der Waals surface area (Å²) < 4.78 is 4.85. The molecule has 0 radical (unpaired) electrons. The number of rotatable bonds is 3. The van der Waals surface area contributed by atoms with E-state index >= 15 is 0 Å². The first-order valence-corrected chi connectivity index (χ1v) is 6.03. The number of hydrogen-bond donors (Lipinski definition) is 2. The number of carboxylic acid groups (broad SMARTS) is 1. The summed E-state index contributed by atoms with van der Waals surface area (Å²) in [6.45, 7) is 1.74. The van der Waals surface area contributed by atoms with Gasteiger partial charge in [0.05, 0.1) is 5.92 Å². The molecule has 18 heavy (non-hydrogen) atoms. The Bertz CT molecular complexity index is 455. The molecule has 1 aromatic rings. The highest BCUT2D eigenvalue weighted by atomic mass is 16.5.